The lowest BCUT2D eigenvalue weighted by Crippen LogP contribution is -2.50. The molecule has 4 aliphatic carbocycles. The van der Waals surface area contributed by atoms with Crippen molar-refractivity contribution in [3.63, 3.8) is 0 Å². The lowest BCUT2D eigenvalue weighted by atomic mass is 9.47. The summed E-state index contributed by atoms with van der Waals surface area (Å²) in [6, 6.07) is 0. The Balaban J connectivity index is 1.68. The fourth-order valence-electron chi connectivity index (χ4n) is 6.79. The van der Waals surface area contributed by atoms with Crippen molar-refractivity contribution in [1.82, 2.24) is 0 Å². The van der Waals surface area contributed by atoms with E-state index in [1.807, 2.05) is 0 Å². The molecular weight excluding hydrogens is 275 g/mol. The van der Waals surface area contributed by atoms with Crippen molar-refractivity contribution in [2.45, 2.75) is 78.0 Å². The van der Waals surface area contributed by atoms with Gasteiger partial charge in [-0.25, -0.2) is 4.39 Å². The number of fused-ring (bicyclic) bond motifs is 5. The summed E-state index contributed by atoms with van der Waals surface area (Å²) in [5.74, 6) is 2.52. The summed E-state index contributed by atoms with van der Waals surface area (Å²) in [6.45, 7) is 7.02. The molecule has 0 radical (unpaired) electrons. The van der Waals surface area contributed by atoms with Crippen LogP contribution in [-0.4, -0.2) is 17.4 Å². The minimum absolute atomic E-state index is 0.176. The Morgan fingerprint density at radius 3 is 2.73 bits per heavy atom. The SMILES string of the molecule is CC1CC[C@@]2(C)C(=CC[C@@H]3[C@H]2CC[C@]2(C)C(O)C(F)C[C@@H]32)C1. The molecule has 0 saturated heterocycles. The van der Waals surface area contributed by atoms with Crippen LogP contribution in [-0.2, 0) is 0 Å². The van der Waals surface area contributed by atoms with Gasteiger partial charge in [0.25, 0.3) is 0 Å². The van der Waals surface area contributed by atoms with Crippen molar-refractivity contribution in [3.8, 4) is 0 Å². The Hall–Kier alpha value is -0.370. The van der Waals surface area contributed by atoms with E-state index in [-0.39, 0.29) is 5.41 Å². The van der Waals surface area contributed by atoms with Crippen molar-refractivity contribution >= 4 is 0 Å². The highest BCUT2D eigenvalue weighted by molar-refractivity contribution is 5.25. The highest BCUT2D eigenvalue weighted by Gasteiger charge is 2.61. The van der Waals surface area contributed by atoms with Crippen LogP contribution in [0.3, 0.4) is 0 Å². The fourth-order valence-corrected chi connectivity index (χ4v) is 6.79. The molecule has 8 atom stereocenters. The van der Waals surface area contributed by atoms with Gasteiger partial charge in [-0.2, -0.15) is 0 Å². The van der Waals surface area contributed by atoms with E-state index >= 15 is 0 Å². The number of alkyl halides is 1. The Morgan fingerprint density at radius 2 is 1.95 bits per heavy atom. The summed E-state index contributed by atoms with van der Waals surface area (Å²) < 4.78 is 14.2. The van der Waals surface area contributed by atoms with Gasteiger partial charge < -0.3 is 5.11 Å². The average Bonchev–Trinajstić information content (AvgIpc) is 2.72. The molecule has 4 rings (SSSR count). The number of halogens is 1. The standard InChI is InChI=1S/C20H31FO/c1-12-6-8-19(2)13(10-12)4-5-14-15(19)7-9-20(3)16(14)11-17(21)18(20)22/h4,12,14-18,22H,5-11H2,1-3H3/t12?,14-,15-,16+,17?,18?,19+,20+/m1/s1. The predicted molar refractivity (Wildman–Crippen MR) is 87.2 cm³/mol. The predicted octanol–water partition coefficient (Wildman–Crippen LogP) is 4.89. The molecule has 1 nitrogen and oxygen atoms in total. The zero-order valence-corrected chi connectivity index (χ0v) is 14.3. The van der Waals surface area contributed by atoms with Gasteiger partial charge in [-0.1, -0.05) is 32.4 Å². The topological polar surface area (TPSA) is 20.2 Å². The highest BCUT2D eigenvalue weighted by atomic mass is 19.1. The smallest absolute Gasteiger partial charge is 0.127 e. The zero-order valence-electron chi connectivity index (χ0n) is 14.3. The molecule has 22 heavy (non-hydrogen) atoms. The van der Waals surface area contributed by atoms with Gasteiger partial charge in [-0.3, -0.25) is 0 Å². The third kappa shape index (κ3) is 1.85. The van der Waals surface area contributed by atoms with Crippen molar-refractivity contribution in [1.29, 1.82) is 0 Å². The molecule has 0 bridgehead atoms. The lowest BCUT2D eigenvalue weighted by molar-refractivity contribution is -0.0734. The molecule has 1 N–H and O–H groups in total. The second-order valence-corrected chi connectivity index (χ2v) is 9.35. The van der Waals surface area contributed by atoms with Crippen LogP contribution in [0.5, 0.6) is 0 Å². The molecule has 2 heteroatoms. The molecule has 0 heterocycles. The first-order valence-electron chi connectivity index (χ1n) is 9.38. The number of rotatable bonds is 0. The molecule has 3 fully saturated rings. The first kappa shape index (κ1) is 15.2. The fraction of sp³-hybridized carbons (Fsp3) is 0.900. The van der Waals surface area contributed by atoms with Gasteiger partial charge in [0.1, 0.15) is 6.17 Å². The van der Waals surface area contributed by atoms with E-state index in [0.29, 0.717) is 23.7 Å². The van der Waals surface area contributed by atoms with Crippen LogP contribution in [0, 0.1) is 34.5 Å². The molecule has 0 aromatic carbocycles. The van der Waals surface area contributed by atoms with Crippen LogP contribution in [0.4, 0.5) is 4.39 Å². The van der Waals surface area contributed by atoms with Gasteiger partial charge in [0.15, 0.2) is 0 Å². The third-order valence-electron chi connectivity index (χ3n) is 8.29. The summed E-state index contributed by atoms with van der Waals surface area (Å²) in [4.78, 5) is 0. The van der Waals surface area contributed by atoms with E-state index in [9.17, 15) is 9.50 Å². The summed E-state index contributed by atoms with van der Waals surface area (Å²) in [5.41, 5.74) is 1.88. The summed E-state index contributed by atoms with van der Waals surface area (Å²) in [6.07, 6.45) is 8.62. The molecule has 3 saturated carbocycles. The maximum absolute atomic E-state index is 14.2. The Labute approximate surface area is 134 Å². The largest absolute Gasteiger partial charge is 0.390 e. The number of hydrogen-bond acceptors (Lipinski definition) is 1. The van der Waals surface area contributed by atoms with Gasteiger partial charge in [0.05, 0.1) is 6.10 Å². The van der Waals surface area contributed by atoms with Crippen LogP contribution in [0.15, 0.2) is 11.6 Å². The number of allylic oxidation sites excluding steroid dienone is 2. The molecule has 0 amide bonds. The Bertz CT molecular complexity index is 500. The number of aliphatic hydroxyl groups is 1. The van der Waals surface area contributed by atoms with Crippen LogP contribution < -0.4 is 0 Å². The van der Waals surface area contributed by atoms with Crippen molar-refractivity contribution in [2.75, 3.05) is 0 Å². The number of hydrogen-bond donors (Lipinski definition) is 1. The minimum Gasteiger partial charge on any atom is -0.390 e. The van der Waals surface area contributed by atoms with Gasteiger partial charge in [0.2, 0.25) is 0 Å². The molecule has 0 aliphatic heterocycles. The molecular formula is C20H31FO. The average molecular weight is 306 g/mol. The van der Waals surface area contributed by atoms with Crippen molar-refractivity contribution in [2.24, 2.45) is 34.5 Å². The molecule has 4 aliphatic rings. The van der Waals surface area contributed by atoms with E-state index in [4.69, 9.17) is 0 Å². The van der Waals surface area contributed by atoms with Crippen LogP contribution in [0.2, 0.25) is 0 Å². The Kier molecular flexibility index (Phi) is 3.32. The highest BCUT2D eigenvalue weighted by Crippen LogP contribution is 2.65. The summed E-state index contributed by atoms with van der Waals surface area (Å²) in [5, 5.41) is 10.4. The second-order valence-electron chi connectivity index (χ2n) is 9.35. The van der Waals surface area contributed by atoms with E-state index < -0.39 is 12.3 Å². The van der Waals surface area contributed by atoms with Crippen molar-refractivity contribution < 1.29 is 9.50 Å². The minimum atomic E-state index is -1.00. The van der Waals surface area contributed by atoms with Gasteiger partial charge in [0, 0.05) is 0 Å². The molecule has 0 spiro atoms. The lowest BCUT2D eigenvalue weighted by Gasteiger charge is -2.57. The maximum Gasteiger partial charge on any atom is 0.127 e. The van der Waals surface area contributed by atoms with E-state index in [1.54, 1.807) is 5.57 Å². The van der Waals surface area contributed by atoms with E-state index in [0.717, 1.165) is 24.7 Å². The quantitative estimate of drug-likeness (QED) is 0.631. The molecule has 0 aromatic rings. The summed E-state index contributed by atoms with van der Waals surface area (Å²) >= 11 is 0. The van der Waals surface area contributed by atoms with Crippen LogP contribution in [0.25, 0.3) is 0 Å². The van der Waals surface area contributed by atoms with Gasteiger partial charge in [-0.15, -0.1) is 0 Å². The third-order valence-corrected chi connectivity index (χ3v) is 8.29. The van der Waals surface area contributed by atoms with Crippen LogP contribution >= 0.6 is 0 Å². The first-order valence-corrected chi connectivity index (χ1v) is 9.38. The number of aliphatic hydroxyl groups excluding tert-OH is 1. The van der Waals surface area contributed by atoms with Gasteiger partial charge in [-0.05, 0) is 79.4 Å². The molecule has 124 valence electrons. The normalized spacial score (nSPS) is 57.6. The zero-order chi connectivity index (χ0) is 15.7. The van der Waals surface area contributed by atoms with Gasteiger partial charge >= 0.3 is 0 Å². The first-order chi connectivity index (χ1) is 10.4. The van der Waals surface area contributed by atoms with Crippen LogP contribution in [0.1, 0.15) is 65.7 Å². The second kappa shape index (κ2) is 4.82. The van der Waals surface area contributed by atoms with E-state index in [1.165, 1.54) is 25.7 Å². The molecule has 3 unspecified atom stereocenters. The maximum atomic E-state index is 14.2. The van der Waals surface area contributed by atoms with E-state index in [2.05, 4.69) is 26.8 Å². The summed E-state index contributed by atoms with van der Waals surface area (Å²) in [7, 11) is 0. The monoisotopic (exact) mass is 306 g/mol. The molecule has 0 aromatic heterocycles. The van der Waals surface area contributed by atoms with Crippen molar-refractivity contribution in [3.05, 3.63) is 11.6 Å². The Morgan fingerprint density at radius 1 is 1.18 bits per heavy atom.